The van der Waals surface area contributed by atoms with Crippen LogP contribution in [0.3, 0.4) is 0 Å². The first kappa shape index (κ1) is 15.7. The second-order valence-electron chi connectivity index (χ2n) is 5.09. The summed E-state index contributed by atoms with van der Waals surface area (Å²) in [6, 6.07) is 5.12. The summed E-state index contributed by atoms with van der Waals surface area (Å²) in [5.41, 5.74) is 0.355. The molecule has 1 saturated heterocycles. The van der Waals surface area contributed by atoms with Crippen LogP contribution < -0.4 is 5.48 Å². The lowest BCUT2D eigenvalue weighted by Crippen LogP contribution is -2.47. The lowest BCUT2D eigenvalue weighted by molar-refractivity contribution is -0.143. The van der Waals surface area contributed by atoms with Gasteiger partial charge < -0.3 is 9.84 Å². The van der Waals surface area contributed by atoms with Crippen LogP contribution in [-0.2, 0) is 19.4 Å². The van der Waals surface area contributed by atoms with Crippen molar-refractivity contribution in [2.75, 3.05) is 19.0 Å². The second kappa shape index (κ2) is 6.00. The molecular formula is C13H17NO6S. The van der Waals surface area contributed by atoms with E-state index >= 15 is 0 Å². The fourth-order valence-corrected chi connectivity index (χ4v) is 4.28. The van der Waals surface area contributed by atoms with Gasteiger partial charge in [0.15, 0.2) is 9.84 Å². The summed E-state index contributed by atoms with van der Waals surface area (Å²) in [6.07, 6.45) is 0.438. The third kappa shape index (κ3) is 3.34. The zero-order valence-corrected chi connectivity index (χ0v) is 12.1. The Balaban J connectivity index is 2.31. The van der Waals surface area contributed by atoms with E-state index in [4.69, 9.17) is 9.94 Å². The van der Waals surface area contributed by atoms with Gasteiger partial charge >= 0.3 is 0 Å². The molecule has 1 aromatic rings. The van der Waals surface area contributed by atoms with Gasteiger partial charge in [-0.1, -0.05) is 0 Å². The van der Waals surface area contributed by atoms with E-state index in [2.05, 4.69) is 0 Å². The molecule has 0 unspecified atom stereocenters. The van der Waals surface area contributed by atoms with E-state index in [1.54, 1.807) is 5.48 Å². The van der Waals surface area contributed by atoms with Crippen LogP contribution >= 0.6 is 0 Å². The molecule has 0 radical (unpaired) electrons. The Kier molecular flexibility index (Phi) is 4.50. The minimum absolute atomic E-state index is 0.0249. The van der Waals surface area contributed by atoms with Gasteiger partial charge in [0.2, 0.25) is 0 Å². The number of ether oxygens (including phenoxy) is 1. The summed E-state index contributed by atoms with van der Waals surface area (Å²) in [5, 5.41) is 18.1. The lowest BCUT2D eigenvalue weighted by atomic mass is 9.81. The molecule has 1 heterocycles. The second-order valence-corrected chi connectivity index (χ2v) is 7.08. The zero-order valence-electron chi connectivity index (χ0n) is 11.3. The predicted octanol–water partition coefficient (Wildman–Crippen LogP) is 0.468. The fraction of sp³-hybridized carbons (Fsp3) is 0.462. The molecule has 0 spiro atoms. The number of hydrogen-bond acceptors (Lipinski definition) is 6. The predicted molar refractivity (Wildman–Crippen MR) is 72.6 cm³/mol. The molecular weight excluding hydrogens is 298 g/mol. The number of sulfone groups is 1. The summed E-state index contributed by atoms with van der Waals surface area (Å²) in [4.78, 5) is 12.0. The Morgan fingerprint density at radius 3 is 2.33 bits per heavy atom. The summed E-state index contributed by atoms with van der Waals surface area (Å²) in [6.45, 7) is 0.525. The molecule has 0 atom stereocenters. The summed E-state index contributed by atoms with van der Waals surface area (Å²) >= 11 is 0. The molecule has 0 aliphatic carbocycles. The van der Waals surface area contributed by atoms with Gasteiger partial charge in [-0.3, -0.25) is 10.0 Å². The van der Waals surface area contributed by atoms with Gasteiger partial charge in [-0.2, -0.15) is 0 Å². The number of phenolic OH excluding ortho intramolecular Hbond substituents is 1. The van der Waals surface area contributed by atoms with Crippen molar-refractivity contribution in [2.24, 2.45) is 5.41 Å². The van der Waals surface area contributed by atoms with Crippen molar-refractivity contribution in [1.29, 1.82) is 0 Å². The van der Waals surface area contributed by atoms with Crippen LogP contribution in [0.2, 0.25) is 0 Å². The van der Waals surface area contributed by atoms with E-state index in [0.717, 1.165) is 0 Å². The lowest BCUT2D eigenvalue weighted by Gasteiger charge is -2.34. The number of amides is 1. The molecule has 8 heteroatoms. The zero-order chi connectivity index (χ0) is 15.5. The molecule has 0 aromatic heterocycles. The first-order valence-corrected chi connectivity index (χ1v) is 8.09. The van der Waals surface area contributed by atoms with Crippen molar-refractivity contribution >= 4 is 15.7 Å². The van der Waals surface area contributed by atoms with E-state index in [-0.39, 0.29) is 36.7 Å². The van der Waals surface area contributed by atoms with Crippen molar-refractivity contribution in [3.8, 4) is 5.75 Å². The maximum absolute atomic E-state index is 12.5. The topological polar surface area (TPSA) is 113 Å². The number of nitrogens with one attached hydrogen (secondary N) is 1. The molecule has 0 bridgehead atoms. The number of rotatable bonds is 4. The largest absolute Gasteiger partial charge is 0.508 e. The number of carbonyl (C=O) groups is 1. The van der Waals surface area contributed by atoms with Gasteiger partial charge in [-0.05, 0) is 37.1 Å². The molecule has 1 fully saturated rings. The minimum atomic E-state index is -3.73. The van der Waals surface area contributed by atoms with Crippen LogP contribution in [0, 0.1) is 5.41 Å². The third-order valence-electron chi connectivity index (χ3n) is 3.70. The molecule has 1 aliphatic heterocycles. The van der Waals surface area contributed by atoms with E-state index in [1.165, 1.54) is 24.3 Å². The standard InChI is InChI=1S/C13H17NO6S/c15-10-1-3-11(4-2-10)21(18,19)9-13(12(16)14-17)5-7-20-8-6-13/h1-4,15,17H,5-9H2,(H,14,16). The SMILES string of the molecule is O=C(NO)C1(CS(=O)(=O)c2ccc(O)cc2)CCOCC1. The highest BCUT2D eigenvalue weighted by Crippen LogP contribution is 2.34. The van der Waals surface area contributed by atoms with E-state index in [0.29, 0.717) is 0 Å². The third-order valence-corrected chi connectivity index (χ3v) is 5.62. The maximum Gasteiger partial charge on any atom is 0.250 e. The van der Waals surface area contributed by atoms with Crippen molar-refractivity contribution in [2.45, 2.75) is 17.7 Å². The van der Waals surface area contributed by atoms with Gasteiger partial charge in [-0.25, -0.2) is 13.9 Å². The highest BCUT2D eigenvalue weighted by molar-refractivity contribution is 7.91. The van der Waals surface area contributed by atoms with Gasteiger partial charge in [0.25, 0.3) is 5.91 Å². The van der Waals surface area contributed by atoms with Crippen LogP contribution in [0.25, 0.3) is 0 Å². The fourth-order valence-electron chi connectivity index (χ4n) is 2.42. The van der Waals surface area contributed by atoms with Gasteiger partial charge in [0.1, 0.15) is 5.75 Å². The van der Waals surface area contributed by atoms with Crippen molar-refractivity contribution in [3.05, 3.63) is 24.3 Å². The summed E-state index contributed by atoms with van der Waals surface area (Å²) < 4.78 is 30.1. The van der Waals surface area contributed by atoms with Crippen LogP contribution in [0.5, 0.6) is 5.75 Å². The molecule has 7 nitrogen and oxygen atoms in total. The first-order chi connectivity index (χ1) is 9.89. The summed E-state index contributed by atoms with van der Waals surface area (Å²) in [5.74, 6) is -1.17. The number of benzene rings is 1. The van der Waals surface area contributed by atoms with Crippen LogP contribution in [0.4, 0.5) is 0 Å². The monoisotopic (exact) mass is 315 g/mol. The smallest absolute Gasteiger partial charge is 0.250 e. The molecule has 1 aromatic carbocycles. The van der Waals surface area contributed by atoms with Gasteiger partial charge in [0.05, 0.1) is 16.1 Å². The number of phenols is 1. The Labute approximate surface area is 122 Å². The number of aromatic hydroxyl groups is 1. The highest BCUT2D eigenvalue weighted by atomic mass is 32.2. The molecule has 1 aliphatic rings. The number of hydrogen-bond donors (Lipinski definition) is 3. The molecule has 3 N–H and O–H groups in total. The molecule has 2 rings (SSSR count). The minimum Gasteiger partial charge on any atom is -0.508 e. The highest BCUT2D eigenvalue weighted by Gasteiger charge is 2.44. The Bertz CT molecular complexity index is 604. The van der Waals surface area contributed by atoms with Crippen LogP contribution in [0.1, 0.15) is 12.8 Å². The number of carbonyl (C=O) groups excluding carboxylic acids is 1. The Hall–Kier alpha value is -1.64. The normalized spacial score (nSPS) is 18.1. The van der Waals surface area contributed by atoms with E-state index < -0.39 is 26.9 Å². The summed E-state index contributed by atoms with van der Waals surface area (Å²) in [7, 11) is -3.73. The van der Waals surface area contributed by atoms with Crippen molar-refractivity contribution in [1.82, 2.24) is 5.48 Å². The molecule has 1 amide bonds. The molecule has 0 saturated carbocycles. The Morgan fingerprint density at radius 1 is 1.24 bits per heavy atom. The van der Waals surface area contributed by atoms with Crippen molar-refractivity contribution < 1.29 is 28.3 Å². The average Bonchev–Trinajstić information content (AvgIpc) is 2.47. The van der Waals surface area contributed by atoms with Gasteiger partial charge in [0, 0.05) is 13.2 Å². The maximum atomic E-state index is 12.5. The first-order valence-electron chi connectivity index (χ1n) is 6.44. The molecule has 21 heavy (non-hydrogen) atoms. The van der Waals surface area contributed by atoms with Crippen LogP contribution in [-0.4, -0.2) is 43.6 Å². The van der Waals surface area contributed by atoms with E-state index in [1.807, 2.05) is 0 Å². The van der Waals surface area contributed by atoms with Crippen LogP contribution in [0.15, 0.2) is 29.2 Å². The van der Waals surface area contributed by atoms with Crippen molar-refractivity contribution in [3.63, 3.8) is 0 Å². The molecule has 116 valence electrons. The quantitative estimate of drug-likeness (QED) is 0.550. The van der Waals surface area contributed by atoms with E-state index in [9.17, 15) is 18.3 Å². The van der Waals surface area contributed by atoms with Gasteiger partial charge in [-0.15, -0.1) is 0 Å². The average molecular weight is 315 g/mol. The Morgan fingerprint density at radius 2 is 1.81 bits per heavy atom. The number of hydroxylamine groups is 1.